The minimum atomic E-state index is -0.726. The molecule has 214 valence electrons. The molecular weight excluding hydrogens is 556 g/mol. The highest BCUT2D eigenvalue weighted by Crippen LogP contribution is 2.32. The third kappa shape index (κ3) is 6.52. The summed E-state index contributed by atoms with van der Waals surface area (Å²) in [7, 11) is 2.95. The minimum absolute atomic E-state index is 0.197. The number of benzene rings is 1. The van der Waals surface area contributed by atoms with Crippen molar-refractivity contribution in [3.05, 3.63) is 82.2 Å². The van der Waals surface area contributed by atoms with E-state index in [1.807, 2.05) is 4.57 Å². The standard InChI is InChI=1S/C29H28ClF2N5O4/c1-39-12-11-37-25(34-23-9-10-24(29(38)40-2)35-27(23)37)13-17-3-5-18(6-4-17)26-33-15-22(32)28(36-26)41-16-19-7-8-20(30)14-21(19)31/h5,7-10,14-15,17H,3-4,6,11-13,16H2,1-2H3. The van der Waals surface area contributed by atoms with Gasteiger partial charge in [-0.25, -0.2) is 24.1 Å². The minimum Gasteiger partial charge on any atom is -0.471 e. The van der Waals surface area contributed by atoms with Crippen molar-refractivity contribution in [1.29, 1.82) is 0 Å². The van der Waals surface area contributed by atoms with Gasteiger partial charge in [-0.05, 0) is 55.0 Å². The number of hydrogen-bond donors (Lipinski definition) is 0. The van der Waals surface area contributed by atoms with Gasteiger partial charge in [-0.1, -0.05) is 23.7 Å². The van der Waals surface area contributed by atoms with Gasteiger partial charge in [0.15, 0.2) is 17.2 Å². The number of carbonyl (C=O) groups excluding carboxylic acids is 1. The van der Waals surface area contributed by atoms with Gasteiger partial charge in [0.2, 0.25) is 5.82 Å². The van der Waals surface area contributed by atoms with Crippen LogP contribution in [0.1, 0.15) is 47.0 Å². The summed E-state index contributed by atoms with van der Waals surface area (Å²) >= 11 is 5.79. The molecule has 0 saturated carbocycles. The van der Waals surface area contributed by atoms with Crippen LogP contribution in [0.4, 0.5) is 8.78 Å². The van der Waals surface area contributed by atoms with E-state index in [2.05, 4.69) is 21.0 Å². The molecule has 0 bridgehead atoms. The summed E-state index contributed by atoms with van der Waals surface area (Å²) in [6.07, 6.45) is 6.09. The van der Waals surface area contributed by atoms with E-state index in [-0.39, 0.29) is 28.8 Å². The smallest absolute Gasteiger partial charge is 0.356 e. The maximum atomic E-state index is 14.4. The Labute approximate surface area is 240 Å². The fraction of sp³-hybridized carbons (Fsp3) is 0.345. The molecule has 0 N–H and O–H groups in total. The zero-order valence-corrected chi connectivity index (χ0v) is 23.3. The lowest BCUT2D eigenvalue weighted by Crippen LogP contribution is -2.15. The van der Waals surface area contributed by atoms with E-state index in [0.29, 0.717) is 48.9 Å². The van der Waals surface area contributed by atoms with Crippen molar-refractivity contribution in [3.8, 4) is 5.88 Å². The molecule has 1 aliphatic rings. The Bertz CT molecular complexity index is 1610. The third-order valence-corrected chi connectivity index (χ3v) is 7.19. The van der Waals surface area contributed by atoms with Gasteiger partial charge in [0.25, 0.3) is 5.88 Å². The van der Waals surface area contributed by atoms with Crippen molar-refractivity contribution in [2.24, 2.45) is 5.92 Å². The lowest BCUT2D eigenvalue weighted by Gasteiger charge is -2.21. The lowest BCUT2D eigenvalue weighted by molar-refractivity contribution is 0.0594. The van der Waals surface area contributed by atoms with Crippen LogP contribution in [0.5, 0.6) is 5.88 Å². The molecule has 4 aromatic rings. The van der Waals surface area contributed by atoms with Crippen LogP contribution >= 0.6 is 11.6 Å². The Morgan fingerprint density at radius 3 is 2.71 bits per heavy atom. The molecular formula is C29H28ClF2N5O4. The fourth-order valence-electron chi connectivity index (χ4n) is 4.77. The molecule has 0 amide bonds. The SMILES string of the molecule is COCCn1c(CC2CC=C(c3ncc(F)c(OCc4ccc(Cl)cc4F)n3)CC2)nc2ccc(C(=O)OC)nc21. The van der Waals surface area contributed by atoms with E-state index >= 15 is 0 Å². The Kier molecular flexibility index (Phi) is 8.84. The average Bonchev–Trinajstić information content (AvgIpc) is 3.32. The van der Waals surface area contributed by atoms with Crippen molar-refractivity contribution >= 4 is 34.3 Å². The number of allylic oxidation sites excluding steroid dienone is 2. The molecule has 12 heteroatoms. The van der Waals surface area contributed by atoms with Crippen molar-refractivity contribution in [3.63, 3.8) is 0 Å². The van der Waals surface area contributed by atoms with E-state index in [4.69, 9.17) is 30.8 Å². The predicted molar refractivity (Wildman–Crippen MR) is 147 cm³/mol. The largest absolute Gasteiger partial charge is 0.471 e. The van der Waals surface area contributed by atoms with Gasteiger partial charge in [-0.2, -0.15) is 9.37 Å². The van der Waals surface area contributed by atoms with Crippen molar-refractivity contribution in [1.82, 2.24) is 24.5 Å². The number of imidazole rings is 1. The van der Waals surface area contributed by atoms with Crippen LogP contribution in [0.3, 0.4) is 0 Å². The predicted octanol–water partition coefficient (Wildman–Crippen LogP) is 5.59. The molecule has 0 aliphatic heterocycles. The van der Waals surface area contributed by atoms with Gasteiger partial charge in [-0.15, -0.1) is 0 Å². The van der Waals surface area contributed by atoms with Crippen LogP contribution in [0.2, 0.25) is 5.02 Å². The van der Waals surface area contributed by atoms with Crippen LogP contribution in [0.15, 0.2) is 42.6 Å². The molecule has 3 aromatic heterocycles. The van der Waals surface area contributed by atoms with Crippen LogP contribution in [-0.2, 0) is 29.0 Å². The molecule has 0 fully saturated rings. The fourth-order valence-corrected chi connectivity index (χ4v) is 4.93. The summed E-state index contributed by atoms with van der Waals surface area (Å²) in [5.41, 5.74) is 2.65. The molecule has 0 saturated heterocycles. The van der Waals surface area contributed by atoms with Crippen LogP contribution in [-0.4, -0.2) is 51.3 Å². The van der Waals surface area contributed by atoms with E-state index in [0.717, 1.165) is 30.4 Å². The number of halogens is 3. The molecule has 1 aliphatic carbocycles. The van der Waals surface area contributed by atoms with Gasteiger partial charge < -0.3 is 18.8 Å². The second-order valence-corrected chi connectivity index (χ2v) is 10.1. The number of fused-ring (bicyclic) bond motifs is 1. The van der Waals surface area contributed by atoms with Crippen molar-refractivity contribution < 1.29 is 27.8 Å². The number of esters is 1. The number of rotatable bonds is 10. The topological polar surface area (TPSA) is 101 Å². The highest BCUT2D eigenvalue weighted by molar-refractivity contribution is 6.30. The summed E-state index contributed by atoms with van der Waals surface area (Å²) in [5, 5.41) is 0.265. The number of hydrogen-bond acceptors (Lipinski definition) is 8. The van der Waals surface area contributed by atoms with E-state index in [1.54, 1.807) is 19.2 Å². The summed E-state index contributed by atoms with van der Waals surface area (Å²) in [5.74, 6) is -0.481. The van der Waals surface area contributed by atoms with Gasteiger partial charge in [0, 0.05) is 30.7 Å². The summed E-state index contributed by atoms with van der Waals surface area (Å²) in [4.78, 5) is 29.7. The first-order chi connectivity index (χ1) is 19.9. The number of aromatic nitrogens is 5. The maximum absolute atomic E-state index is 14.4. The third-order valence-electron chi connectivity index (χ3n) is 6.95. The first kappa shape index (κ1) is 28.6. The Balaban J connectivity index is 1.30. The van der Waals surface area contributed by atoms with E-state index < -0.39 is 17.6 Å². The molecule has 0 radical (unpaired) electrons. The molecule has 41 heavy (non-hydrogen) atoms. The number of pyridine rings is 1. The van der Waals surface area contributed by atoms with E-state index in [1.165, 1.54) is 25.3 Å². The number of methoxy groups -OCH3 is 2. The number of carbonyl (C=O) groups is 1. The second kappa shape index (κ2) is 12.7. The molecule has 3 heterocycles. The zero-order valence-electron chi connectivity index (χ0n) is 22.6. The highest BCUT2D eigenvalue weighted by Gasteiger charge is 2.23. The molecule has 9 nitrogen and oxygen atoms in total. The highest BCUT2D eigenvalue weighted by atomic mass is 35.5. The molecule has 0 spiro atoms. The lowest BCUT2D eigenvalue weighted by atomic mass is 9.87. The second-order valence-electron chi connectivity index (χ2n) is 9.65. The van der Waals surface area contributed by atoms with Gasteiger partial charge >= 0.3 is 5.97 Å². The first-order valence-electron chi connectivity index (χ1n) is 13.1. The summed E-state index contributed by atoms with van der Waals surface area (Å²) < 4.78 is 46.1. The first-order valence-corrected chi connectivity index (χ1v) is 13.5. The Morgan fingerprint density at radius 1 is 1.12 bits per heavy atom. The monoisotopic (exact) mass is 583 g/mol. The van der Waals surface area contributed by atoms with Crippen LogP contribution in [0.25, 0.3) is 16.7 Å². The van der Waals surface area contributed by atoms with Crippen molar-refractivity contribution in [2.45, 2.75) is 38.8 Å². The molecule has 1 atom stereocenters. The Hall–Kier alpha value is -3.96. The average molecular weight is 584 g/mol. The van der Waals surface area contributed by atoms with Crippen molar-refractivity contribution in [2.75, 3.05) is 20.8 Å². The zero-order chi connectivity index (χ0) is 28.9. The van der Waals surface area contributed by atoms with E-state index in [9.17, 15) is 13.6 Å². The van der Waals surface area contributed by atoms with Gasteiger partial charge in [-0.3, -0.25) is 0 Å². The maximum Gasteiger partial charge on any atom is 0.356 e. The summed E-state index contributed by atoms with van der Waals surface area (Å²) in [6, 6.07) is 7.57. The quantitative estimate of drug-likeness (QED) is 0.223. The molecule has 1 unspecified atom stereocenters. The normalized spacial score (nSPS) is 15.1. The molecule has 5 rings (SSSR count). The van der Waals surface area contributed by atoms with Gasteiger partial charge in [0.1, 0.15) is 23.8 Å². The Morgan fingerprint density at radius 2 is 1.98 bits per heavy atom. The van der Waals surface area contributed by atoms with Crippen LogP contribution < -0.4 is 4.74 Å². The number of ether oxygens (including phenoxy) is 3. The molecule has 1 aromatic carbocycles. The van der Waals surface area contributed by atoms with Gasteiger partial charge in [0.05, 0.1) is 19.9 Å². The summed E-state index contributed by atoms with van der Waals surface area (Å²) in [6.45, 7) is 0.811. The van der Waals surface area contributed by atoms with Crippen LogP contribution in [0, 0.1) is 17.6 Å². The number of nitrogens with zero attached hydrogens (tertiary/aromatic N) is 5.